The molecule has 0 bridgehead atoms. The third kappa shape index (κ3) is 8.98. The maximum atomic E-state index is 5.92. The average Bonchev–Trinajstić information content (AvgIpc) is 3.83. The molecular formula is C68H60N2S. The molecule has 0 saturated heterocycles. The van der Waals surface area contributed by atoms with Gasteiger partial charge < -0.3 is 4.90 Å². The molecule has 1 heterocycles. The summed E-state index contributed by atoms with van der Waals surface area (Å²) in [5.41, 5.74) is 23.7. The van der Waals surface area contributed by atoms with Gasteiger partial charge in [0, 0.05) is 11.3 Å². The summed E-state index contributed by atoms with van der Waals surface area (Å²) in [6, 6.07) is 80.1. The lowest BCUT2D eigenvalue weighted by molar-refractivity contribution is 0.752. The van der Waals surface area contributed by atoms with Crippen molar-refractivity contribution >= 4 is 34.6 Å². The highest BCUT2D eigenvalue weighted by Crippen LogP contribution is 2.63. The third-order valence-corrected chi connectivity index (χ3v) is 14.8. The number of terminal acetylenes is 1. The molecule has 0 fully saturated rings. The van der Waals surface area contributed by atoms with Crippen LogP contribution in [-0.4, -0.2) is 0 Å². The van der Waals surface area contributed by atoms with E-state index in [1.54, 1.807) is 0 Å². The van der Waals surface area contributed by atoms with Gasteiger partial charge in [0.05, 0.1) is 21.5 Å². The molecule has 0 radical (unpaired) electrons. The molecule has 2 nitrogen and oxygen atoms in total. The van der Waals surface area contributed by atoms with E-state index in [-0.39, 0.29) is 10.2 Å². The van der Waals surface area contributed by atoms with Gasteiger partial charge in [0.25, 0.3) is 0 Å². The van der Waals surface area contributed by atoms with E-state index >= 15 is 0 Å². The second-order valence-electron chi connectivity index (χ2n) is 18.5. The lowest BCUT2D eigenvalue weighted by atomic mass is 9.64. The number of fused-ring (bicyclic) bond motifs is 10. The molecule has 0 aromatic heterocycles. The van der Waals surface area contributed by atoms with E-state index in [9.17, 15) is 0 Å². The Bertz CT molecular complexity index is 3360. The molecule has 1 unspecified atom stereocenters. The van der Waals surface area contributed by atoms with Crippen LogP contribution in [0.25, 0.3) is 27.8 Å². The summed E-state index contributed by atoms with van der Waals surface area (Å²) in [5.74, 6) is 2.83. The summed E-state index contributed by atoms with van der Waals surface area (Å²) in [4.78, 5) is 2.42. The first-order chi connectivity index (χ1) is 34.6. The Kier molecular flexibility index (Phi) is 14.3. The molecule has 2 N–H and O–H groups in total. The normalized spacial score (nSPS) is 15.0. The van der Waals surface area contributed by atoms with Gasteiger partial charge in [0.2, 0.25) is 0 Å². The number of hydrogen-bond donors (Lipinski definition) is 1. The number of para-hydroxylation sites is 3. The molecule has 1 spiro atoms. The highest BCUT2D eigenvalue weighted by Gasteiger charge is 2.51. The van der Waals surface area contributed by atoms with E-state index in [4.69, 9.17) is 11.6 Å². The molecule has 9 aromatic carbocycles. The van der Waals surface area contributed by atoms with Crippen LogP contribution in [0.2, 0.25) is 0 Å². The maximum Gasteiger partial charge on any atom is 0.0861 e. The van der Waals surface area contributed by atoms with Crippen LogP contribution in [-0.2, 0) is 10.2 Å². The average molecular weight is 937 g/mol. The van der Waals surface area contributed by atoms with Gasteiger partial charge >= 0.3 is 0 Å². The SMILES string of the molecule is C#CC1=C(/C=C\C)c2ccc(C)cc2C1(C)SN.Cc1ccc(-c2ccccc2C)cc1.Cc1ccc2c(c1)C1(c3ccccc3-2)c2ccccc2N(c2ccccc2)c2ccccc21.c1ccccc1. The van der Waals surface area contributed by atoms with Crippen molar-refractivity contribution in [3.05, 3.63) is 298 Å². The van der Waals surface area contributed by atoms with Crippen molar-refractivity contribution in [3.8, 4) is 34.6 Å². The number of nitrogens with two attached hydrogens (primary N) is 1. The highest BCUT2D eigenvalue weighted by molar-refractivity contribution is 7.98. The van der Waals surface area contributed by atoms with Gasteiger partial charge in [0.1, 0.15) is 0 Å². The van der Waals surface area contributed by atoms with Crippen LogP contribution >= 0.6 is 11.9 Å². The second-order valence-corrected chi connectivity index (χ2v) is 19.6. The summed E-state index contributed by atoms with van der Waals surface area (Å²) in [5, 5.41) is 5.92. The predicted octanol–water partition coefficient (Wildman–Crippen LogP) is 17.6. The zero-order chi connectivity index (χ0) is 49.5. The van der Waals surface area contributed by atoms with Gasteiger partial charge in [-0.2, -0.15) is 0 Å². The minimum absolute atomic E-state index is 0.315. The Balaban J connectivity index is 0.000000137. The number of anilines is 3. The van der Waals surface area contributed by atoms with Crippen LogP contribution < -0.4 is 10.0 Å². The Morgan fingerprint density at radius 2 is 0.944 bits per heavy atom. The predicted molar refractivity (Wildman–Crippen MR) is 305 cm³/mol. The van der Waals surface area contributed by atoms with Crippen molar-refractivity contribution in [2.45, 2.75) is 51.7 Å². The summed E-state index contributed by atoms with van der Waals surface area (Å²) >= 11 is 1.31. The van der Waals surface area contributed by atoms with E-state index in [0.717, 1.165) is 11.1 Å². The summed E-state index contributed by atoms with van der Waals surface area (Å²) in [6.07, 6.45) is 9.80. The number of hydrogen-bond acceptors (Lipinski definition) is 3. The molecule has 9 aromatic rings. The molecule has 12 rings (SSSR count). The number of allylic oxidation sites excluding steroid dienone is 3. The molecule has 2 aliphatic carbocycles. The van der Waals surface area contributed by atoms with Crippen molar-refractivity contribution in [3.63, 3.8) is 0 Å². The Morgan fingerprint density at radius 3 is 1.51 bits per heavy atom. The second kappa shape index (κ2) is 21.0. The summed E-state index contributed by atoms with van der Waals surface area (Å²) < 4.78 is -0.315. The van der Waals surface area contributed by atoms with Crippen LogP contribution in [0, 0.1) is 40.0 Å². The van der Waals surface area contributed by atoms with Gasteiger partial charge in [-0.1, -0.05) is 247 Å². The number of nitrogens with zero attached hydrogens (tertiary/aromatic N) is 1. The molecule has 1 aliphatic heterocycles. The summed E-state index contributed by atoms with van der Waals surface area (Å²) in [7, 11) is 0. The molecule has 1 atom stereocenters. The fourth-order valence-corrected chi connectivity index (χ4v) is 11.2. The third-order valence-electron chi connectivity index (χ3n) is 13.9. The molecule has 0 saturated carbocycles. The molecule has 3 heteroatoms. The lowest BCUT2D eigenvalue weighted by Gasteiger charge is -2.45. The van der Waals surface area contributed by atoms with Gasteiger partial charge in [0.15, 0.2) is 0 Å². The van der Waals surface area contributed by atoms with Crippen molar-refractivity contribution in [2.24, 2.45) is 5.14 Å². The van der Waals surface area contributed by atoms with Gasteiger partial charge in [-0.05, 0) is 133 Å². The van der Waals surface area contributed by atoms with Crippen LogP contribution in [0.5, 0.6) is 0 Å². The van der Waals surface area contributed by atoms with Crippen molar-refractivity contribution in [2.75, 3.05) is 4.90 Å². The Hall–Kier alpha value is -7.87. The number of rotatable bonds is 4. The molecule has 71 heavy (non-hydrogen) atoms. The minimum atomic E-state index is -0.337. The largest absolute Gasteiger partial charge is 0.310 e. The number of aryl methyl sites for hydroxylation is 4. The quantitative estimate of drug-likeness (QED) is 0.141. The van der Waals surface area contributed by atoms with Crippen molar-refractivity contribution in [1.29, 1.82) is 0 Å². The van der Waals surface area contributed by atoms with E-state index in [0.29, 0.717) is 0 Å². The lowest BCUT2D eigenvalue weighted by Crippen LogP contribution is -2.36. The topological polar surface area (TPSA) is 29.3 Å². The zero-order valence-electron chi connectivity index (χ0n) is 41.5. The van der Waals surface area contributed by atoms with Crippen molar-refractivity contribution < 1.29 is 0 Å². The molecular weight excluding hydrogens is 877 g/mol. The van der Waals surface area contributed by atoms with Gasteiger partial charge in [-0.15, -0.1) is 6.42 Å². The summed E-state index contributed by atoms with van der Waals surface area (Å²) in [6.45, 7) is 12.7. The van der Waals surface area contributed by atoms with Crippen LogP contribution in [0.1, 0.15) is 69.5 Å². The maximum absolute atomic E-state index is 5.92. The highest BCUT2D eigenvalue weighted by atomic mass is 32.2. The molecule has 348 valence electrons. The fraction of sp³-hybridized carbons (Fsp3) is 0.118. The Labute approximate surface area is 426 Å². The monoisotopic (exact) mass is 936 g/mol. The van der Waals surface area contributed by atoms with E-state index in [1.165, 1.54) is 107 Å². The van der Waals surface area contributed by atoms with Gasteiger partial charge in [-0.25, -0.2) is 0 Å². The van der Waals surface area contributed by atoms with E-state index < -0.39 is 0 Å². The minimum Gasteiger partial charge on any atom is -0.310 e. The molecule has 3 aliphatic rings. The van der Waals surface area contributed by atoms with Crippen LogP contribution in [0.4, 0.5) is 17.1 Å². The molecule has 0 amide bonds. The first-order valence-electron chi connectivity index (χ1n) is 24.4. The van der Waals surface area contributed by atoms with E-state index in [1.807, 2.05) is 49.4 Å². The Morgan fingerprint density at radius 1 is 0.479 bits per heavy atom. The van der Waals surface area contributed by atoms with Gasteiger partial charge in [-0.3, -0.25) is 5.14 Å². The first-order valence-corrected chi connectivity index (χ1v) is 25.2. The smallest absolute Gasteiger partial charge is 0.0861 e. The zero-order valence-corrected chi connectivity index (χ0v) is 42.3. The standard InChI is InChI=1S/C32H23N.C16H17NS.C14H14.C6H6/c1-22-19-20-25-24-13-5-6-14-26(24)32(29(25)21-22)27-15-7-9-17-30(27)33(23-11-3-2-4-12-23)31-18-10-8-16-28(31)32;1-5-7-12-13-9-8-11(3)10-15(13)16(4,18-17)14(12)6-2;1-11-7-9-13(10-8-11)14-6-4-3-5-12(14)2;1-2-4-6-5-3-1/h2-21H,1H3;2,5,7-10H,17H2,1,3-4H3;3-10H,1-2H3;1-6H/b;7-5-;;. The van der Waals surface area contributed by atoms with Crippen molar-refractivity contribution in [1.82, 2.24) is 0 Å². The first kappa shape index (κ1) is 48.2. The number of benzene rings is 9. The van der Waals surface area contributed by atoms with E-state index in [2.05, 4.69) is 240 Å². The van der Waals surface area contributed by atoms with Crippen LogP contribution in [0.3, 0.4) is 0 Å². The van der Waals surface area contributed by atoms with Crippen LogP contribution in [0.15, 0.2) is 242 Å². The fourth-order valence-electron chi connectivity index (χ4n) is 10.6.